The molecular formula is C15H20BrClN2O. The highest BCUT2D eigenvalue weighted by molar-refractivity contribution is 9.10. The lowest BCUT2D eigenvalue weighted by molar-refractivity contribution is 0.157. The highest BCUT2D eigenvalue weighted by Crippen LogP contribution is 2.46. The van der Waals surface area contributed by atoms with E-state index in [4.69, 9.17) is 11.6 Å². The van der Waals surface area contributed by atoms with E-state index in [1.165, 1.54) is 12.8 Å². The highest BCUT2D eigenvalue weighted by atomic mass is 79.9. The number of nitrogens with one attached hydrogen (secondary N) is 1. The van der Waals surface area contributed by atoms with Gasteiger partial charge in [-0.25, -0.2) is 0 Å². The third kappa shape index (κ3) is 3.14. The van der Waals surface area contributed by atoms with Crippen LogP contribution in [-0.4, -0.2) is 36.2 Å². The Labute approximate surface area is 133 Å². The zero-order valence-corrected chi connectivity index (χ0v) is 13.8. The van der Waals surface area contributed by atoms with Crippen LogP contribution >= 0.6 is 27.5 Å². The summed E-state index contributed by atoms with van der Waals surface area (Å²) in [5, 5.41) is 14.2. The third-order valence-corrected chi connectivity index (χ3v) is 5.29. The van der Waals surface area contributed by atoms with Gasteiger partial charge in [0, 0.05) is 42.3 Å². The van der Waals surface area contributed by atoms with Gasteiger partial charge in [-0.3, -0.25) is 4.90 Å². The SMILES string of the molecule is Oc1c(Cl)ccc(Br)c1[C@H](CC1CC1)N1CCNCC1. The second kappa shape index (κ2) is 6.22. The molecule has 20 heavy (non-hydrogen) atoms. The van der Waals surface area contributed by atoms with Crippen molar-refractivity contribution >= 4 is 27.5 Å². The summed E-state index contributed by atoms with van der Waals surface area (Å²) in [5.41, 5.74) is 0.964. The van der Waals surface area contributed by atoms with Gasteiger partial charge in [-0.1, -0.05) is 40.4 Å². The molecule has 0 unspecified atom stereocenters. The summed E-state index contributed by atoms with van der Waals surface area (Å²) in [5.74, 6) is 1.05. The Hall–Kier alpha value is -0.290. The Morgan fingerprint density at radius 1 is 1.35 bits per heavy atom. The summed E-state index contributed by atoms with van der Waals surface area (Å²) in [4.78, 5) is 2.48. The highest BCUT2D eigenvalue weighted by Gasteiger charge is 2.33. The van der Waals surface area contributed by atoms with Gasteiger partial charge >= 0.3 is 0 Å². The number of aromatic hydroxyl groups is 1. The maximum Gasteiger partial charge on any atom is 0.140 e. The summed E-state index contributed by atoms with van der Waals surface area (Å²) in [7, 11) is 0. The number of phenols is 1. The Morgan fingerprint density at radius 2 is 2.05 bits per heavy atom. The van der Waals surface area contributed by atoms with Crippen LogP contribution in [-0.2, 0) is 0 Å². The molecular weight excluding hydrogens is 340 g/mol. The summed E-state index contributed by atoms with van der Waals surface area (Å²) in [6.45, 7) is 4.08. The van der Waals surface area contributed by atoms with E-state index in [0.29, 0.717) is 5.02 Å². The van der Waals surface area contributed by atoms with E-state index in [0.717, 1.165) is 48.6 Å². The number of nitrogens with zero attached hydrogens (tertiary/aromatic N) is 1. The lowest BCUT2D eigenvalue weighted by Crippen LogP contribution is -2.45. The van der Waals surface area contributed by atoms with Crippen LogP contribution in [0.4, 0.5) is 0 Å². The van der Waals surface area contributed by atoms with E-state index in [9.17, 15) is 5.11 Å². The zero-order chi connectivity index (χ0) is 14.1. The van der Waals surface area contributed by atoms with Crippen molar-refractivity contribution in [3.8, 4) is 5.75 Å². The average Bonchev–Trinajstić information content (AvgIpc) is 3.27. The molecule has 2 aliphatic rings. The van der Waals surface area contributed by atoms with Gasteiger partial charge in [-0.05, 0) is 24.5 Å². The van der Waals surface area contributed by atoms with Gasteiger partial charge < -0.3 is 10.4 Å². The second-order valence-electron chi connectivity index (χ2n) is 5.77. The fourth-order valence-electron chi connectivity index (χ4n) is 2.99. The molecule has 3 rings (SSSR count). The molecule has 1 heterocycles. The number of hydrogen-bond acceptors (Lipinski definition) is 3. The quantitative estimate of drug-likeness (QED) is 0.863. The first-order chi connectivity index (χ1) is 9.66. The van der Waals surface area contributed by atoms with E-state index in [1.54, 1.807) is 6.07 Å². The normalized spacial score (nSPS) is 21.9. The third-order valence-electron chi connectivity index (χ3n) is 4.29. The monoisotopic (exact) mass is 358 g/mol. The van der Waals surface area contributed by atoms with E-state index in [-0.39, 0.29) is 11.8 Å². The van der Waals surface area contributed by atoms with Crippen LogP contribution in [0, 0.1) is 5.92 Å². The molecule has 3 nitrogen and oxygen atoms in total. The minimum Gasteiger partial charge on any atom is -0.506 e. The Morgan fingerprint density at radius 3 is 2.70 bits per heavy atom. The van der Waals surface area contributed by atoms with E-state index in [2.05, 4.69) is 26.1 Å². The second-order valence-corrected chi connectivity index (χ2v) is 7.03. The standard InChI is InChI=1S/C15H20BrClN2O/c16-11-3-4-12(17)15(20)14(11)13(9-10-1-2-10)19-7-5-18-6-8-19/h3-4,10,13,18,20H,1-2,5-9H2/t13-/m0/s1. The van der Waals surface area contributed by atoms with Crippen LogP contribution in [0.5, 0.6) is 5.75 Å². The number of halogens is 2. The number of rotatable bonds is 4. The molecule has 0 spiro atoms. The maximum absolute atomic E-state index is 10.4. The van der Waals surface area contributed by atoms with E-state index < -0.39 is 0 Å². The molecule has 2 N–H and O–H groups in total. The van der Waals surface area contributed by atoms with Crippen molar-refractivity contribution in [1.82, 2.24) is 10.2 Å². The first-order valence-corrected chi connectivity index (χ1v) is 8.45. The molecule has 1 saturated heterocycles. The van der Waals surface area contributed by atoms with Crippen molar-refractivity contribution in [1.29, 1.82) is 0 Å². The van der Waals surface area contributed by atoms with E-state index >= 15 is 0 Å². The maximum atomic E-state index is 10.4. The van der Waals surface area contributed by atoms with Gasteiger partial charge in [0.2, 0.25) is 0 Å². The van der Waals surface area contributed by atoms with Gasteiger partial charge in [-0.15, -0.1) is 0 Å². The summed E-state index contributed by atoms with van der Waals surface area (Å²) in [6, 6.07) is 3.95. The first-order valence-electron chi connectivity index (χ1n) is 7.28. The molecule has 0 bridgehead atoms. The summed E-state index contributed by atoms with van der Waals surface area (Å²) in [6.07, 6.45) is 3.76. The van der Waals surface area contributed by atoms with Gasteiger partial charge in [0.15, 0.2) is 0 Å². The number of benzene rings is 1. The molecule has 0 radical (unpaired) electrons. The van der Waals surface area contributed by atoms with Crippen LogP contribution in [0.15, 0.2) is 16.6 Å². The summed E-state index contributed by atoms with van der Waals surface area (Å²) < 4.78 is 0.962. The minimum absolute atomic E-state index is 0.241. The fourth-order valence-corrected chi connectivity index (χ4v) is 3.74. The van der Waals surface area contributed by atoms with Gasteiger partial charge in [0.05, 0.1) is 5.02 Å². The van der Waals surface area contributed by atoms with E-state index in [1.807, 2.05) is 6.07 Å². The van der Waals surface area contributed by atoms with Crippen LogP contribution in [0.2, 0.25) is 5.02 Å². The molecule has 1 saturated carbocycles. The lowest BCUT2D eigenvalue weighted by atomic mass is 9.97. The smallest absolute Gasteiger partial charge is 0.140 e. The van der Waals surface area contributed by atoms with Crippen molar-refractivity contribution in [3.05, 3.63) is 27.2 Å². The Kier molecular flexibility index (Phi) is 4.55. The summed E-state index contributed by atoms with van der Waals surface area (Å²) >= 11 is 9.72. The largest absolute Gasteiger partial charge is 0.506 e. The predicted octanol–water partition coefficient (Wildman–Crippen LogP) is 3.55. The Bertz CT molecular complexity index is 487. The molecule has 0 amide bonds. The predicted molar refractivity (Wildman–Crippen MR) is 85.3 cm³/mol. The molecule has 1 aliphatic heterocycles. The van der Waals surface area contributed by atoms with Crippen LogP contribution < -0.4 is 5.32 Å². The topological polar surface area (TPSA) is 35.5 Å². The number of phenolic OH excluding ortho intramolecular Hbond substituents is 1. The van der Waals surface area contributed by atoms with Crippen molar-refractivity contribution in [2.75, 3.05) is 26.2 Å². The van der Waals surface area contributed by atoms with Crippen LogP contribution in [0.25, 0.3) is 0 Å². The molecule has 1 aromatic carbocycles. The van der Waals surface area contributed by atoms with Crippen molar-refractivity contribution in [3.63, 3.8) is 0 Å². The zero-order valence-electron chi connectivity index (χ0n) is 11.4. The van der Waals surface area contributed by atoms with Crippen molar-refractivity contribution in [2.24, 2.45) is 5.92 Å². The average molecular weight is 360 g/mol. The molecule has 1 aromatic rings. The van der Waals surface area contributed by atoms with Crippen LogP contribution in [0.3, 0.4) is 0 Å². The molecule has 110 valence electrons. The molecule has 1 atom stereocenters. The van der Waals surface area contributed by atoms with Gasteiger partial charge in [0.1, 0.15) is 5.75 Å². The number of piperazine rings is 1. The fraction of sp³-hybridized carbons (Fsp3) is 0.600. The van der Waals surface area contributed by atoms with Gasteiger partial charge in [-0.2, -0.15) is 0 Å². The van der Waals surface area contributed by atoms with Crippen molar-refractivity contribution < 1.29 is 5.11 Å². The Balaban J connectivity index is 1.93. The molecule has 5 heteroatoms. The van der Waals surface area contributed by atoms with Crippen LogP contribution in [0.1, 0.15) is 30.9 Å². The molecule has 2 fully saturated rings. The number of hydrogen-bond donors (Lipinski definition) is 2. The lowest BCUT2D eigenvalue weighted by Gasteiger charge is -2.36. The van der Waals surface area contributed by atoms with Gasteiger partial charge in [0.25, 0.3) is 0 Å². The van der Waals surface area contributed by atoms with Crippen molar-refractivity contribution in [2.45, 2.75) is 25.3 Å². The minimum atomic E-state index is 0.241. The first kappa shape index (κ1) is 14.6. The molecule has 0 aromatic heterocycles. The molecule has 1 aliphatic carbocycles.